The van der Waals surface area contributed by atoms with Gasteiger partial charge >= 0.3 is 0 Å². The molecule has 0 unspecified atom stereocenters. The first-order valence-corrected chi connectivity index (χ1v) is 5.34. The summed E-state index contributed by atoms with van der Waals surface area (Å²) in [6.07, 6.45) is 4.52. The van der Waals surface area contributed by atoms with Crippen molar-refractivity contribution < 1.29 is 9.53 Å². The molecular formula is C10H20N2O2. The van der Waals surface area contributed by atoms with Crippen LogP contribution in [-0.4, -0.2) is 38.8 Å². The van der Waals surface area contributed by atoms with Crippen LogP contribution < -0.4 is 10.6 Å². The van der Waals surface area contributed by atoms with Crippen LogP contribution >= 0.6 is 0 Å². The van der Waals surface area contributed by atoms with Gasteiger partial charge in [0.1, 0.15) is 0 Å². The van der Waals surface area contributed by atoms with Crippen molar-refractivity contribution in [3.05, 3.63) is 0 Å². The zero-order valence-electron chi connectivity index (χ0n) is 8.84. The summed E-state index contributed by atoms with van der Waals surface area (Å²) in [6, 6.07) is 0.00866. The van der Waals surface area contributed by atoms with E-state index in [2.05, 4.69) is 10.6 Å². The molecular weight excluding hydrogens is 180 g/mol. The molecule has 14 heavy (non-hydrogen) atoms. The maximum Gasteiger partial charge on any atom is 0.237 e. The third-order valence-electron chi connectivity index (χ3n) is 2.48. The maximum atomic E-state index is 11.6. The van der Waals surface area contributed by atoms with Crippen molar-refractivity contribution >= 4 is 5.91 Å². The van der Waals surface area contributed by atoms with Crippen molar-refractivity contribution in [2.45, 2.75) is 31.7 Å². The van der Waals surface area contributed by atoms with E-state index in [1.54, 1.807) is 7.11 Å². The molecule has 0 spiro atoms. The van der Waals surface area contributed by atoms with Crippen molar-refractivity contribution in [3.63, 3.8) is 0 Å². The molecule has 4 nitrogen and oxygen atoms in total. The minimum Gasteiger partial charge on any atom is -0.383 e. The predicted octanol–water partition coefficient (Wildman–Crippen LogP) is 0.281. The molecule has 1 amide bonds. The number of carbonyl (C=O) groups excluding carboxylic acids is 1. The fourth-order valence-corrected chi connectivity index (χ4v) is 1.65. The van der Waals surface area contributed by atoms with Gasteiger partial charge in [0.05, 0.1) is 12.6 Å². The molecule has 4 heteroatoms. The van der Waals surface area contributed by atoms with E-state index in [1.165, 1.54) is 12.8 Å². The summed E-state index contributed by atoms with van der Waals surface area (Å²) >= 11 is 0. The van der Waals surface area contributed by atoms with Gasteiger partial charge in [0.15, 0.2) is 0 Å². The summed E-state index contributed by atoms with van der Waals surface area (Å²) < 4.78 is 4.87. The first-order valence-electron chi connectivity index (χ1n) is 5.34. The van der Waals surface area contributed by atoms with Crippen LogP contribution in [0.3, 0.4) is 0 Å². The van der Waals surface area contributed by atoms with Crippen LogP contribution in [0.25, 0.3) is 0 Å². The van der Waals surface area contributed by atoms with Crippen LogP contribution in [0, 0.1) is 0 Å². The molecule has 0 bridgehead atoms. The summed E-state index contributed by atoms with van der Waals surface area (Å²) in [6.45, 7) is 2.15. The second kappa shape index (κ2) is 6.79. The monoisotopic (exact) mass is 200 g/mol. The molecule has 1 fully saturated rings. The molecule has 0 radical (unpaired) electrons. The highest BCUT2D eigenvalue weighted by molar-refractivity contribution is 5.81. The van der Waals surface area contributed by atoms with Crippen LogP contribution in [0.1, 0.15) is 25.7 Å². The van der Waals surface area contributed by atoms with Gasteiger partial charge < -0.3 is 15.4 Å². The van der Waals surface area contributed by atoms with Gasteiger partial charge in [0.25, 0.3) is 0 Å². The zero-order chi connectivity index (χ0) is 10.2. The average molecular weight is 200 g/mol. The standard InChI is InChI=1S/C10H20N2O2/c1-14-8-7-12-10(13)9-5-3-2-4-6-11-9/h9,11H,2-8H2,1H3,(H,12,13)/t9-/m0/s1. The number of rotatable bonds is 4. The van der Waals surface area contributed by atoms with Gasteiger partial charge in [-0.15, -0.1) is 0 Å². The number of methoxy groups -OCH3 is 1. The molecule has 0 aromatic carbocycles. The fraction of sp³-hybridized carbons (Fsp3) is 0.900. The Hall–Kier alpha value is -0.610. The molecule has 0 aromatic heterocycles. The molecule has 0 saturated carbocycles. The second-order valence-corrected chi connectivity index (χ2v) is 3.64. The number of amides is 1. The summed E-state index contributed by atoms with van der Waals surface area (Å²) in [5.74, 6) is 0.115. The predicted molar refractivity (Wildman–Crippen MR) is 55.1 cm³/mol. The van der Waals surface area contributed by atoms with Gasteiger partial charge in [-0.05, 0) is 19.4 Å². The first-order chi connectivity index (χ1) is 6.84. The smallest absolute Gasteiger partial charge is 0.237 e. The fourth-order valence-electron chi connectivity index (χ4n) is 1.65. The van der Waals surface area contributed by atoms with E-state index in [0.29, 0.717) is 13.2 Å². The Morgan fingerprint density at radius 1 is 1.50 bits per heavy atom. The molecule has 1 rings (SSSR count). The van der Waals surface area contributed by atoms with E-state index >= 15 is 0 Å². The molecule has 1 aliphatic heterocycles. The van der Waals surface area contributed by atoms with E-state index in [0.717, 1.165) is 19.4 Å². The molecule has 1 atom stereocenters. The lowest BCUT2D eigenvalue weighted by Crippen LogP contribution is -2.44. The van der Waals surface area contributed by atoms with Gasteiger partial charge in [-0.2, -0.15) is 0 Å². The van der Waals surface area contributed by atoms with E-state index < -0.39 is 0 Å². The minimum absolute atomic E-state index is 0.00866. The Morgan fingerprint density at radius 3 is 3.14 bits per heavy atom. The molecule has 1 aliphatic rings. The molecule has 1 heterocycles. The molecule has 82 valence electrons. The van der Waals surface area contributed by atoms with E-state index in [4.69, 9.17) is 4.74 Å². The van der Waals surface area contributed by atoms with Gasteiger partial charge in [0.2, 0.25) is 5.91 Å². The van der Waals surface area contributed by atoms with Crippen molar-refractivity contribution in [1.29, 1.82) is 0 Å². The Morgan fingerprint density at radius 2 is 2.36 bits per heavy atom. The normalized spacial score (nSPS) is 22.8. The SMILES string of the molecule is COCCNC(=O)[C@@H]1CCCCCN1. The van der Waals surface area contributed by atoms with E-state index in [9.17, 15) is 4.79 Å². The highest BCUT2D eigenvalue weighted by atomic mass is 16.5. The largest absolute Gasteiger partial charge is 0.383 e. The van der Waals surface area contributed by atoms with Crippen molar-refractivity contribution in [1.82, 2.24) is 10.6 Å². The average Bonchev–Trinajstić information content (AvgIpc) is 2.46. The van der Waals surface area contributed by atoms with Crippen LogP contribution in [0.15, 0.2) is 0 Å². The Labute approximate surface area is 85.4 Å². The summed E-state index contributed by atoms with van der Waals surface area (Å²) in [7, 11) is 1.63. The lowest BCUT2D eigenvalue weighted by Gasteiger charge is -2.15. The topological polar surface area (TPSA) is 50.4 Å². The van der Waals surface area contributed by atoms with Gasteiger partial charge in [-0.1, -0.05) is 12.8 Å². The molecule has 0 aromatic rings. The molecule has 2 N–H and O–H groups in total. The number of nitrogens with one attached hydrogen (secondary N) is 2. The van der Waals surface area contributed by atoms with Crippen LogP contribution in [0.4, 0.5) is 0 Å². The van der Waals surface area contributed by atoms with E-state index in [-0.39, 0.29) is 11.9 Å². The second-order valence-electron chi connectivity index (χ2n) is 3.64. The number of hydrogen-bond acceptors (Lipinski definition) is 3. The Balaban J connectivity index is 2.20. The highest BCUT2D eigenvalue weighted by Crippen LogP contribution is 2.08. The Kier molecular flexibility index (Phi) is 5.56. The summed E-state index contributed by atoms with van der Waals surface area (Å²) in [4.78, 5) is 11.6. The molecule has 0 aliphatic carbocycles. The summed E-state index contributed by atoms with van der Waals surface area (Å²) in [5.41, 5.74) is 0. The van der Waals surface area contributed by atoms with E-state index in [1.807, 2.05) is 0 Å². The lowest BCUT2D eigenvalue weighted by molar-refractivity contribution is -0.123. The van der Waals surface area contributed by atoms with Crippen LogP contribution in [-0.2, 0) is 9.53 Å². The number of ether oxygens (including phenoxy) is 1. The highest BCUT2D eigenvalue weighted by Gasteiger charge is 2.18. The summed E-state index contributed by atoms with van der Waals surface area (Å²) in [5, 5.41) is 6.11. The maximum absolute atomic E-state index is 11.6. The third-order valence-corrected chi connectivity index (χ3v) is 2.48. The quantitative estimate of drug-likeness (QED) is 0.641. The Bertz CT molecular complexity index is 166. The number of hydrogen-bond donors (Lipinski definition) is 2. The minimum atomic E-state index is 0.00866. The number of carbonyl (C=O) groups is 1. The molecule has 1 saturated heterocycles. The van der Waals surface area contributed by atoms with Gasteiger partial charge in [-0.25, -0.2) is 0 Å². The van der Waals surface area contributed by atoms with Crippen molar-refractivity contribution in [3.8, 4) is 0 Å². The zero-order valence-corrected chi connectivity index (χ0v) is 8.84. The van der Waals surface area contributed by atoms with Gasteiger partial charge in [0, 0.05) is 13.7 Å². The lowest BCUT2D eigenvalue weighted by atomic mass is 10.1. The van der Waals surface area contributed by atoms with Crippen LogP contribution in [0.5, 0.6) is 0 Å². The first kappa shape index (κ1) is 11.5. The van der Waals surface area contributed by atoms with Gasteiger partial charge in [-0.3, -0.25) is 4.79 Å². The van der Waals surface area contributed by atoms with Crippen molar-refractivity contribution in [2.75, 3.05) is 26.8 Å². The van der Waals surface area contributed by atoms with Crippen LogP contribution in [0.2, 0.25) is 0 Å². The third kappa shape index (κ3) is 4.07. The van der Waals surface area contributed by atoms with Crippen molar-refractivity contribution in [2.24, 2.45) is 0 Å².